The number of hydrogen-bond donors (Lipinski definition) is 1. The van der Waals surface area contributed by atoms with Gasteiger partial charge in [-0.2, -0.15) is 0 Å². The minimum absolute atomic E-state index is 0. The molecule has 0 radical (unpaired) electrons. The maximum atomic E-state index is 4.47. The molecule has 4 unspecified atom stereocenters. The van der Waals surface area contributed by atoms with Crippen LogP contribution in [-0.4, -0.2) is 37.0 Å². The number of nitrogens with one attached hydrogen (secondary N) is 1. The van der Waals surface area contributed by atoms with E-state index in [2.05, 4.69) is 22.1 Å². The van der Waals surface area contributed by atoms with Crippen LogP contribution < -0.4 is 5.32 Å². The molecule has 3 aliphatic rings. The molecule has 0 aromatic rings. The van der Waals surface area contributed by atoms with E-state index in [1.165, 1.54) is 45.2 Å². The summed E-state index contributed by atoms with van der Waals surface area (Å²) in [5.41, 5.74) is 0. The van der Waals surface area contributed by atoms with Gasteiger partial charge >= 0.3 is 0 Å². The summed E-state index contributed by atoms with van der Waals surface area (Å²) in [7, 11) is 1.93. The van der Waals surface area contributed by atoms with E-state index in [0.717, 1.165) is 23.7 Å². The Kier molecular flexibility index (Phi) is 4.78. The van der Waals surface area contributed by atoms with Gasteiger partial charge in [-0.05, 0) is 37.0 Å². The topological polar surface area (TPSA) is 27.6 Å². The molecule has 4 atom stereocenters. The highest BCUT2D eigenvalue weighted by Gasteiger charge is 2.38. The van der Waals surface area contributed by atoms with Gasteiger partial charge in [0.2, 0.25) is 0 Å². The Labute approximate surface area is 128 Å². The standard InChI is InChI=1S/C14H25N3.HI/c1-10-7-13(10)16-14(15-2)17-8-11-5-3-4-6-12(11)9-17;/h10-13H,3-9H2,1-2H3,(H,15,16);1H. The monoisotopic (exact) mass is 363 g/mol. The second kappa shape index (κ2) is 5.97. The van der Waals surface area contributed by atoms with E-state index in [-0.39, 0.29) is 24.0 Å². The first-order valence-electron chi connectivity index (χ1n) is 7.26. The molecule has 3 fully saturated rings. The van der Waals surface area contributed by atoms with E-state index < -0.39 is 0 Å². The summed E-state index contributed by atoms with van der Waals surface area (Å²) in [6, 6.07) is 0.691. The lowest BCUT2D eigenvalue weighted by atomic mass is 9.82. The van der Waals surface area contributed by atoms with Gasteiger partial charge in [-0.15, -0.1) is 24.0 Å². The maximum Gasteiger partial charge on any atom is 0.193 e. The molecule has 4 heteroatoms. The first kappa shape index (κ1) is 14.4. The molecular formula is C14H26IN3. The van der Waals surface area contributed by atoms with Crippen molar-refractivity contribution in [2.75, 3.05) is 20.1 Å². The van der Waals surface area contributed by atoms with Crippen LogP contribution in [0.15, 0.2) is 4.99 Å². The summed E-state index contributed by atoms with van der Waals surface area (Å²) < 4.78 is 0. The van der Waals surface area contributed by atoms with Crippen molar-refractivity contribution < 1.29 is 0 Å². The molecule has 3 nitrogen and oxygen atoms in total. The van der Waals surface area contributed by atoms with Crippen LogP contribution in [0.4, 0.5) is 0 Å². The average molecular weight is 363 g/mol. The number of rotatable bonds is 1. The van der Waals surface area contributed by atoms with Crippen molar-refractivity contribution in [3.63, 3.8) is 0 Å². The Morgan fingerprint density at radius 1 is 1.17 bits per heavy atom. The van der Waals surface area contributed by atoms with Crippen LogP contribution in [0, 0.1) is 17.8 Å². The van der Waals surface area contributed by atoms with Crippen molar-refractivity contribution in [3.05, 3.63) is 0 Å². The summed E-state index contributed by atoms with van der Waals surface area (Å²) in [5, 5.41) is 3.62. The van der Waals surface area contributed by atoms with Gasteiger partial charge in [0.1, 0.15) is 0 Å². The highest BCUT2D eigenvalue weighted by atomic mass is 127. The molecule has 1 N–H and O–H groups in total. The molecule has 0 bridgehead atoms. The fourth-order valence-corrected chi connectivity index (χ4v) is 3.57. The van der Waals surface area contributed by atoms with Crippen LogP contribution in [0.3, 0.4) is 0 Å². The molecule has 2 aliphatic carbocycles. The van der Waals surface area contributed by atoms with Gasteiger partial charge in [0.05, 0.1) is 0 Å². The third-order valence-electron chi connectivity index (χ3n) is 4.91. The minimum atomic E-state index is 0. The van der Waals surface area contributed by atoms with Crippen molar-refractivity contribution in [1.82, 2.24) is 10.2 Å². The molecule has 0 spiro atoms. The van der Waals surface area contributed by atoms with E-state index in [1.54, 1.807) is 0 Å². The van der Waals surface area contributed by atoms with E-state index in [0.29, 0.717) is 6.04 Å². The van der Waals surface area contributed by atoms with E-state index in [1.807, 2.05) is 7.05 Å². The fourth-order valence-electron chi connectivity index (χ4n) is 3.57. The van der Waals surface area contributed by atoms with Gasteiger partial charge in [0, 0.05) is 26.2 Å². The molecule has 1 aliphatic heterocycles. The molecule has 0 aromatic carbocycles. The Morgan fingerprint density at radius 2 is 1.72 bits per heavy atom. The average Bonchev–Trinajstić information content (AvgIpc) is 2.89. The highest BCUT2D eigenvalue weighted by Crippen LogP contribution is 2.36. The summed E-state index contributed by atoms with van der Waals surface area (Å²) in [6.07, 6.45) is 7.09. The van der Waals surface area contributed by atoms with Crippen molar-refractivity contribution in [2.24, 2.45) is 22.7 Å². The number of guanidine groups is 1. The maximum absolute atomic E-state index is 4.47. The van der Waals surface area contributed by atoms with Crippen molar-refractivity contribution in [3.8, 4) is 0 Å². The lowest BCUT2D eigenvalue weighted by molar-refractivity contribution is 0.299. The van der Waals surface area contributed by atoms with Crippen LogP contribution in [0.2, 0.25) is 0 Å². The van der Waals surface area contributed by atoms with E-state index in [4.69, 9.17) is 0 Å². The second-order valence-corrected chi connectivity index (χ2v) is 6.22. The number of fused-ring (bicyclic) bond motifs is 1. The molecule has 1 heterocycles. The van der Waals surface area contributed by atoms with Crippen LogP contribution in [0.5, 0.6) is 0 Å². The molecule has 18 heavy (non-hydrogen) atoms. The summed E-state index contributed by atoms with van der Waals surface area (Å²) in [4.78, 5) is 6.98. The van der Waals surface area contributed by atoms with Gasteiger partial charge in [0.15, 0.2) is 5.96 Å². The third kappa shape index (κ3) is 2.94. The predicted octanol–water partition coefficient (Wildman–Crippen LogP) is 2.71. The molecule has 3 rings (SSSR count). The number of likely N-dealkylation sites (tertiary alicyclic amines) is 1. The van der Waals surface area contributed by atoms with Gasteiger partial charge in [0.25, 0.3) is 0 Å². The van der Waals surface area contributed by atoms with Crippen LogP contribution in [-0.2, 0) is 0 Å². The highest BCUT2D eigenvalue weighted by molar-refractivity contribution is 14.0. The predicted molar refractivity (Wildman–Crippen MR) is 86.5 cm³/mol. The molecule has 2 saturated carbocycles. The first-order chi connectivity index (χ1) is 8.28. The second-order valence-electron chi connectivity index (χ2n) is 6.22. The Balaban J connectivity index is 0.00000120. The van der Waals surface area contributed by atoms with Crippen molar-refractivity contribution in [2.45, 2.75) is 45.1 Å². The fraction of sp³-hybridized carbons (Fsp3) is 0.929. The van der Waals surface area contributed by atoms with E-state index >= 15 is 0 Å². The summed E-state index contributed by atoms with van der Waals surface area (Å²) in [5.74, 6) is 3.89. The molecule has 0 amide bonds. The SMILES string of the molecule is CN=C(NC1CC1C)N1CC2CCCCC2C1.I. The van der Waals surface area contributed by atoms with Gasteiger partial charge in [-0.3, -0.25) is 4.99 Å². The van der Waals surface area contributed by atoms with Gasteiger partial charge < -0.3 is 10.2 Å². The summed E-state index contributed by atoms with van der Waals surface area (Å²) >= 11 is 0. The lowest BCUT2D eigenvalue weighted by Crippen LogP contribution is -2.41. The molecule has 0 aromatic heterocycles. The zero-order chi connectivity index (χ0) is 11.8. The zero-order valence-electron chi connectivity index (χ0n) is 11.6. The lowest BCUT2D eigenvalue weighted by Gasteiger charge is -2.22. The molecular weight excluding hydrogens is 337 g/mol. The Hall–Kier alpha value is 0. The van der Waals surface area contributed by atoms with Crippen LogP contribution in [0.25, 0.3) is 0 Å². The first-order valence-corrected chi connectivity index (χ1v) is 7.26. The van der Waals surface area contributed by atoms with Crippen LogP contribution >= 0.6 is 24.0 Å². The third-order valence-corrected chi connectivity index (χ3v) is 4.91. The van der Waals surface area contributed by atoms with Gasteiger partial charge in [-0.25, -0.2) is 0 Å². The van der Waals surface area contributed by atoms with Crippen LogP contribution in [0.1, 0.15) is 39.0 Å². The Bertz CT molecular complexity index is 304. The zero-order valence-corrected chi connectivity index (χ0v) is 13.9. The molecule has 104 valence electrons. The quantitative estimate of drug-likeness (QED) is 0.441. The number of nitrogens with zero attached hydrogens (tertiary/aromatic N) is 2. The van der Waals surface area contributed by atoms with Gasteiger partial charge in [-0.1, -0.05) is 19.8 Å². The Morgan fingerprint density at radius 3 is 2.17 bits per heavy atom. The smallest absolute Gasteiger partial charge is 0.193 e. The van der Waals surface area contributed by atoms with E-state index in [9.17, 15) is 0 Å². The number of halogens is 1. The summed E-state index contributed by atoms with van der Waals surface area (Å²) in [6.45, 7) is 4.80. The number of aliphatic imine (C=N–C) groups is 1. The van der Waals surface area contributed by atoms with Crippen molar-refractivity contribution >= 4 is 29.9 Å². The van der Waals surface area contributed by atoms with Crippen molar-refractivity contribution in [1.29, 1.82) is 0 Å². The largest absolute Gasteiger partial charge is 0.353 e. The minimum Gasteiger partial charge on any atom is -0.353 e. The molecule has 1 saturated heterocycles. The number of hydrogen-bond acceptors (Lipinski definition) is 1. The normalized spacial score (nSPS) is 39.0.